The molecule has 0 radical (unpaired) electrons. The first-order valence-corrected chi connectivity index (χ1v) is 7.98. The highest BCUT2D eigenvalue weighted by molar-refractivity contribution is 4.92. The first-order valence-electron chi connectivity index (χ1n) is 7.98. The maximum Gasteiger partial charge on any atom is 0.0594 e. The molecule has 0 aromatic heterocycles. The van der Waals surface area contributed by atoms with Crippen molar-refractivity contribution in [3.05, 3.63) is 0 Å². The van der Waals surface area contributed by atoms with Crippen LogP contribution in [0.5, 0.6) is 0 Å². The summed E-state index contributed by atoms with van der Waals surface area (Å²) < 4.78 is 5.46. The van der Waals surface area contributed by atoms with Crippen molar-refractivity contribution in [1.29, 1.82) is 0 Å². The lowest BCUT2D eigenvalue weighted by molar-refractivity contribution is -0.0125. The lowest BCUT2D eigenvalue weighted by atomic mass is 9.73. The van der Waals surface area contributed by atoms with Crippen molar-refractivity contribution >= 4 is 0 Å². The lowest BCUT2D eigenvalue weighted by Gasteiger charge is -2.45. The van der Waals surface area contributed by atoms with Crippen molar-refractivity contribution in [3.8, 4) is 0 Å². The van der Waals surface area contributed by atoms with Gasteiger partial charge in [0.25, 0.3) is 0 Å². The summed E-state index contributed by atoms with van der Waals surface area (Å²) in [5, 5.41) is 3.87. The Morgan fingerprint density at radius 2 is 1.89 bits per heavy atom. The number of nitrogens with one attached hydrogen (secondary N) is 1. The van der Waals surface area contributed by atoms with Crippen LogP contribution < -0.4 is 5.32 Å². The van der Waals surface area contributed by atoms with Crippen LogP contribution in [-0.2, 0) is 4.74 Å². The fraction of sp³-hybridized carbons (Fsp3) is 1.00. The highest BCUT2D eigenvalue weighted by Crippen LogP contribution is 2.35. The van der Waals surface area contributed by atoms with Crippen molar-refractivity contribution in [1.82, 2.24) is 10.2 Å². The molecule has 19 heavy (non-hydrogen) atoms. The number of hydrogen-bond acceptors (Lipinski definition) is 3. The molecule has 0 amide bonds. The molecule has 0 bridgehead atoms. The second-order valence-corrected chi connectivity index (χ2v) is 7.58. The third kappa shape index (κ3) is 3.93. The van der Waals surface area contributed by atoms with E-state index in [9.17, 15) is 0 Å². The van der Waals surface area contributed by atoms with Crippen molar-refractivity contribution in [2.45, 2.75) is 65.0 Å². The monoisotopic (exact) mass is 268 g/mol. The second kappa shape index (κ2) is 6.11. The highest BCUT2D eigenvalue weighted by atomic mass is 16.5. The average Bonchev–Trinajstić information content (AvgIpc) is 2.38. The van der Waals surface area contributed by atoms with E-state index in [0.717, 1.165) is 32.8 Å². The standard InChI is InChI=1S/C16H32N2O/c1-15(2)8-6-5-7-14(15)17-13-16(3,4)18-9-11-19-12-10-18/h14,17H,5-13H2,1-4H3. The molecule has 1 unspecified atom stereocenters. The van der Waals surface area contributed by atoms with Gasteiger partial charge in [-0.3, -0.25) is 4.90 Å². The van der Waals surface area contributed by atoms with Gasteiger partial charge in [0, 0.05) is 31.2 Å². The molecule has 1 aliphatic carbocycles. The smallest absolute Gasteiger partial charge is 0.0594 e. The number of rotatable bonds is 4. The summed E-state index contributed by atoms with van der Waals surface area (Å²) in [6, 6.07) is 0.682. The van der Waals surface area contributed by atoms with Crippen molar-refractivity contribution in [2.24, 2.45) is 5.41 Å². The van der Waals surface area contributed by atoms with E-state index in [-0.39, 0.29) is 5.54 Å². The molecule has 3 nitrogen and oxygen atoms in total. The highest BCUT2D eigenvalue weighted by Gasteiger charge is 2.34. The Balaban J connectivity index is 1.85. The molecule has 1 heterocycles. The van der Waals surface area contributed by atoms with E-state index in [1.54, 1.807) is 0 Å². The topological polar surface area (TPSA) is 24.5 Å². The largest absolute Gasteiger partial charge is 0.379 e. The van der Waals surface area contributed by atoms with E-state index in [0.29, 0.717) is 11.5 Å². The van der Waals surface area contributed by atoms with Crippen LogP contribution in [0.2, 0.25) is 0 Å². The van der Waals surface area contributed by atoms with Crippen LogP contribution in [-0.4, -0.2) is 49.3 Å². The maximum atomic E-state index is 5.46. The summed E-state index contributed by atoms with van der Waals surface area (Å²) in [5.41, 5.74) is 0.691. The first-order chi connectivity index (χ1) is 8.92. The van der Waals surface area contributed by atoms with Gasteiger partial charge in [0.05, 0.1) is 13.2 Å². The number of nitrogens with zero attached hydrogens (tertiary/aromatic N) is 1. The van der Waals surface area contributed by atoms with E-state index in [1.807, 2.05) is 0 Å². The van der Waals surface area contributed by atoms with Crippen LogP contribution >= 0.6 is 0 Å². The van der Waals surface area contributed by atoms with Crippen LogP contribution in [0, 0.1) is 5.41 Å². The Labute approximate surface area is 119 Å². The predicted octanol–water partition coefficient (Wildman–Crippen LogP) is 2.66. The second-order valence-electron chi connectivity index (χ2n) is 7.58. The molecule has 1 saturated heterocycles. The van der Waals surface area contributed by atoms with Gasteiger partial charge in [0.15, 0.2) is 0 Å². The van der Waals surface area contributed by atoms with Crippen LogP contribution in [0.15, 0.2) is 0 Å². The molecular weight excluding hydrogens is 236 g/mol. The molecule has 2 fully saturated rings. The molecule has 0 spiro atoms. The van der Waals surface area contributed by atoms with Crippen molar-refractivity contribution < 1.29 is 4.74 Å². The van der Waals surface area contributed by atoms with Crippen LogP contribution in [0.1, 0.15) is 53.4 Å². The average molecular weight is 268 g/mol. The molecule has 2 rings (SSSR count). The molecule has 0 aromatic rings. The predicted molar refractivity (Wildman–Crippen MR) is 80.5 cm³/mol. The van der Waals surface area contributed by atoms with Gasteiger partial charge in [-0.1, -0.05) is 26.7 Å². The summed E-state index contributed by atoms with van der Waals surface area (Å²) in [5.74, 6) is 0. The molecule has 1 atom stereocenters. The molecule has 1 N–H and O–H groups in total. The fourth-order valence-electron chi connectivity index (χ4n) is 3.53. The summed E-state index contributed by atoms with van der Waals surface area (Å²) in [6.45, 7) is 14.6. The van der Waals surface area contributed by atoms with Crippen molar-refractivity contribution in [3.63, 3.8) is 0 Å². The summed E-state index contributed by atoms with van der Waals surface area (Å²) in [4.78, 5) is 2.57. The van der Waals surface area contributed by atoms with Gasteiger partial charge in [-0.25, -0.2) is 0 Å². The molecule has 112 valence electrons. The van der Waals surface area contributed by atoms with Gasteiger partial charge in [-0.15, -0.1) is 0 Å². The van der Waals surface area contributed by atoms with E-state index >= 15 is 0 Å². The molecule has 3 heteroatoms. The number of ether oxygens (including phenoxy) is 1. The Morgan fingerprint density at radius 3 is 2.53 bits per heavy atom. The Morgan fingerprint density at radius 1 is 1.21 bits per heavy atom. The van der Waals surface area contributed by atoms with E-state index in [2.05, 4.69) is 37.9 Å². The van der Waals surface area contributed by atoms with Crippen LogP contribution in [0.4, 0.5) is 0 Å². The van der Waals surface area contributed by atoms with Crippen molar-refractivity contribution in [2.75, 3.05) is 32.8 Å². The number of morpholine rings is 1. The lowest BCUT2D eigenvalue weighted by Crippen LogP contribution is -2.57. The van der Waals surface area contributed by atoms with Crippen LogP contribution in [0.3, 0.4) is 0 Å². The third-order valence-corrected chi connectivity index (χ3v) is 5.16. The maximum absolute atomic E-state index is 5.46. The summed E-state index contributed by atoms with van der Waals surface area (Å²) >= 11 is 0. The molecule has 1 aliphatic heterocycles. The quantitative estimate of drug-likeness (QED) is 0.848. The number of hydrogen-bond donors (Lipinski definition) is 1. The van der Waals surface area contributed by atoms with Gasteiger partial charge in [0.2, 0.25) is 0 Å². The zero-order chi connectivity index (χ0) is 13.9. The van der Waals surface area contributed by atoms with Crippen LogP contribution in [0.25, 0.3) is 0 Å². The zero-order valence-electron chi connectivity index (χ0n) is 13.3. The Bertz CT molecular complexity index is 282. The summed E-state index contributed by atoms with van der Waals surface area (Å²) in [7, 11) is 0. The molecule has 1 saturated carbocycles. The first kappa shape index (κ1) is 15.3. The fourth-order valence-corrected chi connectivity index (χ4v) is 3.53. The molecule has 2 aliphatic rings. The van der Waals surface area contributed by atoms with Gasteiger partial charge < -0.3 is 10.1 Å². The SMILES string of the molecule is CC1(C)CCCCC1NCC(C)(C)N1CCOCC1. The summed E-state index contributed by atoms with van der Waals surface area (Å²) in [6.07, 6.45) is 5.49. The van der Waals surface area contributed by atoms with Gasteiger partial charge >= 0.3 is 0 Å². The van der Waals surface area contributed by atoms with E-state index < -0.39 is 0 Å². The van der Waals surface area contributed by atoms with Gasteiger partial charge in [-0.05, 0) is 32.1 Å². The van der Waals surface area contributed by atoms with E-state index in [4.69, 9.17) is 4.74 Å². The molecular formula is C16H32N2O. The van der Waals surface area contributed by atoms with Gasteiger partial charge in [-0.2, -0.15) is 0 Å². The van der Waals surface area contributed by atoms with Gasteiger partial charge in [0.1, 0.15) is 0 Å². The normalized spacial score (nSPS) is 29.4. The Kier molecular flexibility index (Phi) is 4.91. The molecule has 0 aromatic carbocycles. The zero-order valence-corrected chi connectivity index (χ0v) is 13.3. The Hall–Kier alpha value is -0.120. The minimum atomic E-state index is 0.233. The minimum Gasteiger partial charge on any atom is -0.379 e. The minimum absolute atomic E-state index is 0.233. The third-order valence-electron chi connectivity index (χ3n) is 5.16. The van der Waals surface area contributed by atoms with E-state index in [1.165, 1.54) is 25.7 Å².